The molecule has 1 fully saturated rings. The molecule has 8 nitrogen and oxygen atoms in total. The van der Waals surface area contributed by atoms with Crippen molar-refractivity contribution in [1.82, 2.24) is 19.7 Å². The zero-order valence-electron chi connectivity index (χ0n) is 16.9. The molecule has 1 aromatic carbocycles. The number of amides is 2. The second-order valence-corrected chi connectivity index (χ2v) is 8.27. The molecule has 0 spiro atoms. The minimum Gasteiger partial charge on any atom is -0.323 e. The van der Waals surface area contributed by atoms with Gasteiger partial charge in [0.05, 0.1) is 29.7 Å². The van der Waals surface area contributed by atoms with Crippen molar-refractivity contribution in [2.45, 2.75) is 27.2 Å². The molecule has 154 valence electrons. The van der Waals surface area contributed by atoms with Crippen LogP contribution in [0.25, 0.3) is 5.95 Å². The maximum atomic E-state index is 12.7. The first-order chi connectivity index (χ1) is 14.3. The Labute approximate surface area is 182 Å². The standard InChI is InChI=1S/C21H21BrN6O2/c1-12-13(2)26-28(14(12)3)21-23-9-17(10-24-21)25-20(30)15-7-19(29)27(11-15)18-6-4-5-16(22)8-18/h4-6,8-10,15H,7,11H2,1-3H3,(H,25,30). The van der Waals surface area contributed by atoms with Crippen LogP contribution in [0.4, 0.5) is 11.4 Å². The number of carbonyl (C=O) groups excluding carboxylic acids is 2. The van der Waals surface area contributed by atoms with E-state index in [-0.39, 0.29) is 18.2 Å². The first-order valence-corrected chi connectivity index (χ1v) is 10.3. The van der Waals surface area contributed by atoms with Crippen LogP contribution in [-0.2, 0) is 9.59 Å². The lowest BCUT2D eigenvalue weighted by Crippen LogP contribution is -2.28. The number of aryl methyl sites for hydroxylation is 1. The molecule has 0 saturated carbocycles. The van der Waals surface area contributed by atoms with Crippen molar-refractivity contribution in [2.75, 3.05) is 16.8 Å². The minimum atomic E-state index is -0.435. The summed E-state index contributed by atoms with van der Waals surface area (Å²) in [6.45, 7) is 6.24. The Hall–Kier alpha value is -3.07. The Morgan fingerprint density at radius 3 is 2.57 bits per heavy atom. The van der Waals surface area contributed by atoms with Crippen molar-refractivity contribution in [2.24, 2.45) is 5.92 Å². The van der Waals surface area contributed by atoms with Crippen LogP contribution in [-0.4, -0.2) is 38.1 Å². The highest BCUT2D eigenvalue weighted by Crippen LogP contribution is 2.28. The summed E-state index contributed by atoms with van der Waals surface area (Å²) in [5.41, 5.74) is 4.25. The van der Waals surface area contributed by atoms with E-state index in [1.165, 1.54) is 0 Å². The molecule has 2 aromatic heterocycles. The van der Waals surface area contributed by atoms with E-state index in [1.807, 2.05) is 45.0 Å². The number of carbonyl (C=O) groups is 2. The Kier molecular flexibility index (Phi) is 5.38. The van der Waals surface area contributed by atoms with Gasteiger partial charge in [0.25, 0.3) is 5.95 Å². The number of benzene rings is 1. The number of halogens is 1. The fourth-order valence-corrected chi connectivity index (χ4v) is 3.82. The SMILES string of the molecule is Cc1nn(-c2ncc(NC(=O)C3CC(=O)N(c4cccc(Br)c4)C3)cn2)c(C)c1C. The molecule has 1 N–H and O–H groups in total. The van der Waals surface area contributed by atoms with Crippen molar-refractivity contribution in [3.63, 3.8) is 0 Å². The highest BCUT2D eigenvalue weighted by Gasteiger charge is 2.35. The molecule has 2 amide bonds. The Bertz CT molecular complexity index is 1130. The number of nitrogens with zero attached hydrogens (tertiary/aromatic N) is 5. The van der Waals surface area contributed by atoms with Crippen molar-refractivity contribution in [3.05, 3.63) is 58.1 Å². The third kappa shape index (κ3) is 3.85. The van der Waals surface area contributed by atoms with E-state index in [4.69, 9.17) is 0 Å². The van der Waals surface area contributed by atoms with Gasteiger partial charge in [-0.1, -0.05) is 22.0 Å². The lowest BCUT2D eigenvalue weighted by Gasteiger charge is -2.17. The summed E-state index contributed by atoms with van der Waals surface area (Å²) in [5.74, 6) is -0.285. The Morgan fingerprint density at radius 1 is 1.20 bits per heavy atom. The summed E-state index contributed by atoms with van der Waals surface area (Å²) < 4.78 is 2.57. The Balaban J connectivity index is 1.44. The number of hydrogen-bond donors (Lipinski definition) is 1. The van der Waals surface area contributed by atoms with E-state index in [9.17, 15) is 9.59 Å². The van der Waals surface area contributed by atoms with Gasteiger partial charge in [0.1, 0.15) is 0 Å². The summed E-state index contributed by atoms with van der Waals surface area (Å²) >= 11 is 3.41. The lowest BCUT2D eigenvalue weighted by molar-refractivity contribution is -0.122. The van der Waals surface area contributed by atoms with Crippen LogP contribution in [0, 0.1) is 26.7 Å². The van der Waals surface area contributed by atoms with Gasteiger partial charge in [0.2, 0.25) is 11.8 Å². The third-order valence-corrected chi connectivity index (χ3v) is 5.86. The molecule has 1 aliphatic heterocycles. The first kappa shape index (κ1) is 20.2. The van der Waals surface area contributed by atoms with Crippen LogP contribution in [0.3, 0.4) is 0 Å². The summed E-state index contributed by atoms with van der Waals surface area (Å²) in [7, 11) is 0. The summed E-state index contributed by atoms with van der Waals surface area (Å²) in [4.78, 5) is 35.4. The molecule has 0 aliphatic carbocycles. The van der Waals surface area contributed by atoms with Gasteiger partial charge in [0, 0.05) is 28.8 Å². The van der Waals surface area contributed by atoms with Crippen molar-refractivity contribution in [3.8, 4) is 5.95 Å². The number of hydrogen-bond acceptors (Lipinski definition) is 5. The molecule has 1 atom stereocenters. The van der Waals surface area contributed by atoms with Gasteiger partial charge in [0.15, 0.2) is 0 Å². The molecular formula is C21H21BrN6O2. The topological polar surface area (TPSA) is 93.0 Å². The van der Waals surface area contributed by atoms with E-state index in [1.54, 1.807) is 22.0 Å². The number of nitrogens with one attached hydrogen (secondary N) is 1. The zero-order valence-corrected chi connectivity index (χ0v) is 18.5. The molecular weight excluding hydrogens is 448 g/mol. The summed E-state index contributed by atoms with van der Waals surface area (Å²) in [6.07, 6.45) is 3.27. The molecule has 0 bridgehead atoms. The average Bonchev–Trinajstić information content (AvgIpc) is 3.24. The first-order valence-electron chi connectivity index (χ1n) is 9.55. The van der Waals surface area contributed by atoms with Crippen LogP contribution in [0.2, 0.25) is 0 Å². The van der Waals surface area contributed by atoms with Crippen LogP contribution in [0.1, 0.15) is 23.4 Å². The number of anilines is 2. The van der Waals surface area contributed by atoms with E-state index < -0.39 is 5.92 Å². The van der Waals surface area contributed by atoms with E-state index in [2.05, 4.69) is 36.3 Å². The maximum Gasteiger partial charge on any atom is 0.250 e. The van der Waals surface area contributed by atoms with Crippen LogP contribution >= 0.6 is 15.9 Å². The fourth-order valence-electron chi connectivity index (χ4n) is 3.43. The highest BCUT2D eigenvalue weighted by molar-refractivity contribution is 9.10. The van der Waals surface area contributed by atoms with Crippen LogP contribution in [0.5, 0.6) is 0 Å². The minimum absolute atomic E-state index is 0.0697. The van der Waals surface area contributed by atoms with Crippen molar-refractivity contribution < 1.29 is 9.59 Å². The molecule has 3 heterocycles. The zero-order chi connectivity index (χ0) is 21.4. The molecule has 3 aromatic rings. The van der Waals surface area contributed by atoms with Gasteiger partial charge in [-0.25, -0.2) is 14.6 Å². The van der Waals surface area contributed by atoms with Gasteiger partial charge < -0.3 is 10.2 Å². The van der Waals surface area contributed by atoms with E-state index in [0.717, 1.165) is 27.1 Å². The summed E-state index contributed by atoms with van der Waals surface area (Å²) in [5, 5.41) is 7.26. The highest BCUT2D eigenvalue weighted by atomic mass is 79.9. The third-order valence-electron chi connectivity index (χ3n) is 5.36. The molecule has 1 aliphatic rings. The summed E-state index contributed by atoms with van der Waals surface area (Å²) in [6, 6.07) is 7.48. The molecule has 30 heavy (non-hydrogen) atoms. The van der Waals surface area contributed by atoms with Crippen LogP contribution < -0.4 is 10.2 Å². The monoisotopic (exact) mass is 468 g/mol. The Morgan fingerprint density at radius 2 is 1.93 bits per heavy atom. The van der Waals surface area contributed by atoms with Gasteiger partial charge in [-0.3, -0.25) is 9.59 Å². The fraction of sp³-hybridized carbons (Fsp3) is 0.286. The predicted molar refractivity (Wildman–Crippen MR) is 117 cm³/mol. The van der Waals surface area contributed by atoms with E-state index >= 15 is 0 Å². The van der Waals surface area contributed by atoms with Gasteiger partial charge in [-0.05, 0) is 44.5 Å². The smallest absolute Gasteiger partial charge is 0.250 e. The largest absolute Gasteiger partial charge is 0.323 e. The molecule has 0 radical (unpaired) electrons. The van der Waals surface area contributed by atoms with Crippen LogP contribution in [0.15, 0.2) is 41.1 Å². The second kappa shape index (κ2) is 7.98. The normalized spacial score (nSPS) is 16.2. The lowest BCUT2D eigenvalue weighted by atomic mass is 10.1. The predicted octanol–water partition coefficient (Wildman–Crippen LogP) is 3.34. The average molecular weight is 469 g/mol. The maximum absolute atomic E-state index is 12.7. The molecule has 4 rings (SSSR count). The van der Waals surface area contributed by atoms with Gasteiger partial charge in [-0.15, -0.1) is 0 Å². The number of aromatic nitrogens is 4. The van der Waals surface area contributed by atoms with Gasteiger partial charge >= 0.3 is 0 Å². The van der Waals surface area contributed by atoms with Crippen molar-refractivity contribution >= 4 is 39.1 Å². The number of rotatable bonds is 4. The quantitative estimate of drug-likeness (QED) is 0.633. The second-order valence-electron chi connectivity index (χ2n) is 7.35. The van der Waals surface area contributed by atoms with E-state index in [0.29, 0.717) is 18.2 Å². The van der Waals surface area contributed by atoms with Gasteiger partial charge in [-0.2, -0.15) is 5.10 Å². The molecule has 1 unspecified atom stereocenters. The van der Waals surface area contributed by atoms with Crippen molar-refractivity contribution in [1.29, 1.82) is 0 Å². The molecule has 9 heteroatoms. The molecule has 1 saturated heterocycles.